The lowest BCUT2D eigenvalue weighted by Crippen LogP contribution is -1.98. The number of aryl methyl sites for hydroxylation is 2. The van der Waals surface area contributed by atoms with Crippen molar-refractivity contribution in [1.82, 2.24) is 14.8 Å². The Balaban J connectivity index is 2.36. The van der Waals surface area contributed by atoms with E-state index in [0.29, 0.717) is 5.69 Å². The Labute approximate surface area is 128 Å². The van der Waals surface area contributed by atoms with Crippen LogP contribution in [0.4, 0.5) is 0 Å². The largest absolute Gasteiger partial charge is 0.389 e. The number of benzene rings is 1. The van der Waals surface area contributed by atoms with Crippen molar-refractivity contribution in [3.05, 3.63) is 47.4 Å². The number of pyridine rings is 1. The van der Waals surface area contributed by atoms with Gasteiger partial charge < -0.3 is 5.11 Å². The van der Waals surface area contributed by atoms with E-state index in [1.165, 1.54) is 0 Å². The summed E-state index contributed by atoms with van der Waals surface area (Å²) < 4.78 is 1.69. The minimum atomic E-state index is -0.598. The Morgan fingerprint density at radius 1 is 1.32 bits per heavy atom. The highest BCUT2D eigenvalue weighted by Crippen LogP contribution is 2.31. The quantitative estimate of drug-likeness (QED) is 0.788. The van der Waals surface area contributed by atoms with Crippen molar-refractivity contribution in [3.8, 4) is 17.2 Å². The summed E-state index contributed by atoms with van der Waals surface area (Å²) >= 11 is 0. The molecule has 0 aliphatic carbocycles. The number of aromatic nitrogens is 3. The Kier molecular flexibility index (Phi) is 3.39. The SMILES string of the molecule is Cc1cc(C(C)O)c2cc(-c3cnn(C)c3)c(C#N)nc2c1. The summed E-state index contributed by atoms with van der Waals surface area (Å²) in [5.41, 5.74) is 4.48. The van der Waals surface area contributed by atoms with Crippen LogP contribution in [0.15, 0.2) is 30.6 Å². The monoisotopic (exact) mass is 292 g/mol. The molecule has 1 unspecified atom stereocenters. The predicted octanol–water partition coefficient (Wildman–Crippen LogP) is 2.87. The van der Waals surface area contributed by atoms with Crippen molar-refractivity contribution in [3.63, 3.8) is 0 Å². The van der Waals surface area contributed by atoms with Crippen molar-refractivity contribution in [2.75, 3.05) is 0 Å². The second-order valence-electron chi connectivity index (χ2n) is 5.50. The number of aliphatic hydroxyl groups is 1. The molecule has 110 valence electrons. The van der Waals surface area contributed by atoms with Crippen molar-refractivity contribution >= 4 is 10.9 Å². The zero-order chi connectivity index (χ0) is 15.9. The number of hydrogen-bond acceptors (Lipinski definition) is 4. The molecule has 3 aromatic rings. The number of nitriles is 1. The predicted molar refractivity (Wildman–Crippen MR) is 84.0 cm³/mol. The summed E-state index contributed by atoms with van der Waals surface area (Å²) in [6, 6.07) is 7.95. The van der Waals surface area contributed by atoms with E-state index in [1.807, 2.05) is 38.4 Å². The fraction of sp³-hybridized carbons (Fsp3) is 0.235. The third-order valence-electron chi connectivity index (χ3n) is 3.68. The maximum absolute atomic E-state index is 10.0. The van der Waals surface area contributed by atoms with Gasteiger partial charge in [0.15, 0.2) is 0 Å². The number of rotatable bonds is 2. The molecule has 22 heavy (non-hydrogen) atoms. The molecule has 0 amide bonds. The van der Waals surface area contributed by atoms with E-state index in [0.717, 1.165) is 33.2 Å². The molecular formula is C17H16N4O. The third-order valence-corrected chi connectivity index (χ3v) is 3.68. The van der Waals surface area contributed by atoms with Gasteiger partial charge in [-0.1, -0.05) is 6.07 Å². The van der Waals surface area contributed by atoms with Crippen molar-refractivity contribution in [1.29, 1.82) is 5.26 Å². The summed E-state index contributed by atoms with van der Waals surface area (Å²) in [4.78, 5) is 4.47. The Hall–Kier alpha value is -2.71. The van der Waals surface area contributed by atoms with E-state index in [-0.39, 0.29) is 0 Å². The molecule has 1 aromatic carbocycles. The van der Waals surface area contributed by atoms with Gasteiger partial charge in [0.2, 0.25) is 0 Å². The van der Waals surface area contributed by atoms with Crippen molar-refractivity contribution in [2.45, 2.75) is 20.0 Å². The number of fused-ring (bicyclic) bond motifs is 1. The Bertz CT molecular complexity index is 903. The molecule has 0 radical (unpaired) electrons. The van der Waals surface area contributed by atoms with Crippen LogP contribution in [-0.4, -0.2) is 19.9 Å². The second-order valence-corrected chi connectivity index (χ2v) is 5.50. The highest BCUT2D eigenvalue weighted by Gasteiger charge is 2.15. The first-order valence-electron chi connectivity index (χ1n) is 7.02. The second kappa shape index (κ2) is 5.24. The van der Waals surface area contributed by atoms with E-state index in [2.05, 4.69) is 16.2 Å². The molecule has 0 spiro atoms. The van der Waals surface area contributed by atoms with Gasteiger partial charge in [0.05, 0.1) is 17.8 Å². The summed E-state index contributed by atoms with van der Waals surface area (Å²) in [5, 5.41) is 24.4. The molecule has 3 rings (SSSR count). The molecule has 1 N–H and O–H groups in total. The van der Waals surface area contributed by atoms with E-state index in [9.17, 15) is 10.4 Å². The summed E-state index contributed by atoms with van der Waals surface area (Å²) in [7, 11) is 1.83. The van der Waals surface area contributed by atoms with Crippen molar-refractivity contribution < 1.29 is 5.11 Å². The number of hydrogen-bond donors (Lipinski definition) is 1. The van der Waals surface area contributed by atoms with Gasteiger partial charge in [-0.3, -0.25) is 4.68 Å². The molecular weight excluding hydrogens is 276 g/mol. The lowest BCUT2D eigenvalue weighted by atomic mass is 9.97. The molecule has 1 atom stereocenters. The molecule has 2 heterocycles. The highest BCUT2D eigenvalue weighted by molar-refractivity contribution is 5.89. The van der Waals surface area contributed by atoms with Gasteiger partial charge in [0.1, 0.15) is 11.8 Å². The van der Waals surface area contributed by atoms with Gasteiger partial charge in [-0.15, -0.1) is 0 Å². The van der Waals surface area contributed by atoms with E-state index < -0.39 is 6.10 Å². The molecule has 0 saturated carbocycles. The molecule has 5 heteroatoms. The lowest BCUT2D eigenvalue weighted by molar-refractivity contribution is 0.201. The van der Waals surface area contributed by atoms with Gasteiger partial charge in [0.25, 0.3) is 0 Å². The van der Waals surface area contributed by atoms with E-state index in [1.54, 1.807) is 17.8 Å². The van der Waals surface area contributed by atoms with Gasteiger partial charge in [0, 0.05) is 29.8 Å². The van der Waals surface area contributed by atoms with Crippen LogP contribution < -0.4 is 0 Å². The van der Waals surface area contributed by atoms with Crippen LogP contribution in [0.1, 0.15) is 29.8 Å². The fourth-order valence-electron chi connectivity index (χ4n) is 2.66. The van der Waals surface area contributed by atoms with Gasteiger partial charge in [-0.2, -0.15) is 10.4 Å². The molecule has 0 bridgehead atoms. The smallest absolute Gasteiger partial charge is 0.149 e. The zero-order valence-electron chi connectivity index (χ0n) is 12.7. The topological polar surface area (TPSA) is 74.7 Å². The molecule has 0 aliphatic rings. The third kappa shape index (κ3) is 2.34. The molecule has 0 saturated heterocycles. The van der Waals surface area contributed by atoms with Crippen LogP contribution in [0.2, 0.25) is 0 Å². The first-order valence-corrected chi connectivity index (χ1v) is 7.02. The minimum absolute atomic E-state index is 0.364. The average molecular weight is 292 g/mol. The first-order chi connectivity index (χ1) is 10.5. The van der Waals surface area contributed by atoms with Crippen LogP contribution in [0, 0.1) is 18.3 Å². The highest BCUT2D eigenvalue weighted by atomic mass is 16.3. The maximum atomic E-state index is 10.0. The number of nitrogens with zero attached hydrogens (tertiary/aromatic N) is 4. The summed E-state index contributed by atoms with van der Waals surface area (Å²) in [5.74, 6) is 0. The molecule has 5 nitrogen and oxygen atoms in total. The first kappa shape index (κ1) is 14.2. The lowest BCUT2D eigenvalue weighted by Gasteiger charge is -2.12. The van der Waals surface area contributed by atoms with Crippen LogP contribution in [0.5, 0.6) is 0 Å². The van der Waals surface area contributed by atoms with Gasteiger partial charge in [-0.05, 0) is 37.1 Å². The van der Waals surface area contributed by atoms with E-state index in [4.69, 9.17) is 0 Å². The Morgan fingerprint density at radius 3 is 2.68 bits per heavy atom. The maximum Gasteiger partial charge on any atom is 0.149 e. The molecule has 0 aliphatic heterocycles. The molecule has 2 aromatic heterocycles. The zero-order valence-corrected chi connectivity index (χ0v) is 12.7. The Morgan fingerprint density at radius 2 is 2.09 bits per heavy atom. The van der Waals surface area contributed by atoms with Gasteiger partial charge >= 0.3 is 0 Å². The van der Waals surface area contributed by atoms with Crippen LogP contribution in [0.25, 0.3) is 22.0 Å². The number of aliphatic hydroxyl groups excluding tert-OH is 1. The molecule has 0 fully saturated rings. The summed E-state index contributed by atoms with van der Waals surface area (Å²) in [6.07, 6.45) is 2.96. The van der Waals surface area contributed by atoms with E-state index >= 15 is 0 Å². The van der Waals surface area contributed by atoms with Gasteiger partial charge in [-0.25, -0.2) is 4.98 Å². The van der Waals surface area contributed by atoms with Crippen LogP contribution in [0.3, 0.4) is 0 Å². The van der Waals surface area contributed by atoms with Crippen LogP contribution in [-0.2, 0) is 7.05 Å². The standard InChI is InChI=1S/C17H16N4O/c1-10-4-13(11(2)22)15-6-14(12-8-19-21(3)9-12)17(7-18)20-16(15)5-10/h4-6,8-9,11,22H,1-3H3. The van der Waals surface area contributed by atoms with Crippen LogP contribution >= 0.6 is 0 Å². The van der Waals surface area contributed by atoms with Crippen molar-refractivity contribution in [2.24, 2.45) is 7.05 Å². The normalized spacial score (nSPS) is 12.3. The average Bonchev–Trinajstić information content (AvgIpc) is 2.91. The minimum Gasteiger partial charge on any atom is -0.389 e. The fourth-order valence-corrected chi connectivity index (χ4v) is 2.66. The summed E-state index contributed by atoms with van der Waals surface area (Å²) in [6.45, 7) is 3.68.